The van der Waals surface area contributed by atoms with Crippen LogP contribution in [0.15, 0.2) is 23.1 Å². The Kier molecular flexibility index (Phi) is 4.96. The van der Waals surface area contributed by atoms with E-state index in [1.165, 1.54) is 6.92 Å². The van der Waals surface area contributed by atoms with Gasteiger partial charge in [-0.15, -0.1) is 0 Å². The Bertz CT molecular complexity index is 554. The van der Waals surface area contributed by atoms with Crippen molar-refractivity contribution in [3.63, 3.8) is 0 Å². The summed E-state index contributed by atoms with van der Waals surface area (Å²) < 4.78 is 56.1. The lowest BCUT2D eigenvalue weighted by atomic mass is 10.3. The highest BCUT2D eigenvalue weighted by Crippen LogP contribution is 2.14. The van der Waals surface area contributed by atoms with Gasteiger partial charge in [-0.05, 0) is 26.0 Å². The van der Waals surface area contributed by atoms with E-state index >= 15 is 0 Å². The standard InChI is InChI=1S/C11H13F2NO4S/c1-3-18-11(15)7(2)14-19(16,17)10-5-8(12)4-9(13)6-10/h4-7,14H,3H2,1-2H3. The van der Waals surface area contributed by atoms with Crippen molar-refractivity contribution in [2.24, 2.45) is 0 Å². The number of carbonyl (C=O) groups is 1. The number of ether oxygens (including phenoxy) is 1. The van der Waals surface area contributed by atoms with E-state index in [1.807, 2.05) is 4.72 Å². The number of benzene rings is 1. The van der Waals surface area contributed by atoms with E-state index in [1.54, 1.807) is 6.92 Å². The summed E-state index contributed by atoms with van der Waals surface area (Å²) in [6.07, 6.45) is 0. The van der Waals surface area contributed by atoms with Crippen molar-refractivity contribution in [1.82, 2.24) is 4.72 Å². The van der Waals surface area contributed by atoms with Crippen molar-refractivity contribution in [2.75, 3.05) is 6.61 Å². The largest absolute Gasteiger partial charge is 0.465 e. The third-order valence-corrected chi connectivity index (χ3v) is 3.64. The molecule has 0 saturated carbocycles. The van der Waals surface area contributed by atoms with E-state index < -0.39 is 38.6 Å². The molecule has 0 aromatic heterocycles. The average molecular weight is 293 g/mol. The minimum atomic E-state index is -4.20. The molecule has 0 amide bonds. The second kappa shape index (κ2) is 6.07. The van der Waals surface area contributed by atoms with Gasteiger partial charge in [0.05, 0.1) is 11.5 Å². The second-order valence-corrected chi connectivity index (χ2v) is 5.41. The van der Waals surface area contributed by atoms with Crippen LogP contribution in [0.2, 0.25) is 0 Å². The summed E-state index contributed by atoms with van der Waals surface area (Å²) in [6, 6.07) is 0.705. The molecule has 0 radical (unpaired) electrons. The summed E-state index contributed by atoms with van der Waals surface area (Å²) in [4.78, 5) is 10.7. The van der Waals surface area contributed by atoms with E-state index in [-0.39, 0.29) is 6.61 Å². The average Bonchev–Trinajstić information content (AvgIpc) is 2.27. The van der Waals surface area contributed by atoms with E-state index in [4.69, 9.17) is 0 Å². The molecule has 0 heterocycles. The van der Waals surface area contributed by atoms with Gasteiger partial charge in [0.25, 0.3) is 0 Å². The molecule has 8 heteroatoms. The van der Waals surface area contributed by atoms with Gasteiger partial charge in [-0.25, -0.2) is 17.2 Å². The first kappa shape index (κ1) is 15.5. The molecule has 1 N–H and O–H groups in total. The molecule has 1 rings (SSSR count). The number of carbonyl (C=O) groups excluding carboxylic acids is 1. The van der Waals surface area contributed by atoms with Gasteiger partial charge in [-0.3, -0.25) is 4.79 Å². The smallest absolute Gasteiger partial charge is 0.323 e. The molecule has 0 spiro atoms. The van der Waals surface area contributed by atoms with E-state index in [0.29, 0.717) is 18.2 Å². The maximum absolute atomic E-state index is 13.0. The summed E-state index contributed by atoms with van der Waals surface area (Å²) >= 11 is 0. The van der Waals surface area contributed by atoms with Gasteiger partial charge in [0.1, 0.15) is 17.7 Å². The number of sulfonamides is 1. The number of esters is 1. The summed E-state index contributed by atoms with van der Waals surface area (Å²) in [6.45, 7) is 2.94. The van der Waals surface area contributed by atoms with Crippen LogP contribution in [0.3, 0.4) is 0 Å². The van der Waals surface area contributed by atoms with Crippen LogP contribution >= 0.6 is 0 Å². The number of rotatable bonds is 5. The van der Waals surface area contributed by atoms with E-state index in [0.717, 1.165) is 0 Å². The third-order valence-electron chi connectivity index (χ3n) is 2.12. The molecule has 0 aliphatic carbocycles. The number of nitrogens with one attached hydrogen (secondary N) is 1. The topological polar surface area (TPSA) is 72.5 Å². The number of hydrogen-bond donors (Lipinski definition) is 1. The van der Waals surface area contributed by atoms with Crippen LogP contribution in [0.1, 0.15) is 13.8 Å². The van der Waals surface area contributed by atoms with Crippen molar-refractivity contribution in [2.45, 2.75) is 24.8 Å². The second-order valence-electron chi connectivity index (χ2n) is 3.70. The van der Waals surface area contributed by atoms with Crippen molar-refractivity contribution >= 4 is 16.0 Å². The predicted molar refractivity (Wildman–Crippen MR) is 62.8 cm³/mol. The highest BCUT2D eigenvalue weighted by atomic mass is 32.2. The Morgan fingerprint density at radius 2 is 1.84 bits per heavy atom. The zero-order valence-corrected chi connectivity index (χ0v) is 11.1. The fourth-order valence-electron chi connectivity index (χ4n) is 1.30. The van der Waals surface area contributed by atoms with Crippen LogP contribution in [0, 0.1) is 11.6 Å². The highest BCUT2D eigenvalue weighted by Gasteiger charge is 2.23. The molecule has 1 atom stereocenters. The van der Waals surface area contributed by atoms with Crippen molar-refractivity contribution in [3.8, 4) is 0 Å². The lowest BCUT2D eigenvalue weighted by Gasteiger charge is -2.13. The van der Waals surface area contributed by atoms with Gasteiger partial charge in [0.2, 0.25) is 10.0 Å². The number of halogens is 2. The molecule has 0 aliphatic heterocycles. The molecule has 0 bridgehead atoms. The number of hydrogen-bond acceptors (Lipinski definition) is 4. The lowest BCUT2D eigenvalue weighted by molar-refractivity contribution is -0.144. The SMILES string of the molecule is CCOC(=O)C(C)NS(=O)(=O)c1cc(F)cc(F)c1. The molecule has 106 valence electrons. The summed E-state index contributed by atoms with van der Waals surface area (Å²) in [7, 11) is -4.20. The Balaban J connectivity index is 2.95. The van der Waals surface area contributed by atoms with Crippen molar-refractivity contribution < 1.29 is 26.7 Å². The molecule has 1 unspecified atom stereocenters. The summed E-state index contributed by atoms with van der Waals surface area (Å²) in [5.74, 6) is -2.82. The van der Waals surface area contributed by atoms with Gasteiger partial charge in [-0.1, -0.05) is 0 Å². The zero-order chi connectivity index (χ0) is 14.6. The molecular formula is C11H13F2NO4S. The minimum Gasteiger partial charge on any atom is -0.465 e. The first-order chi connectivity index (χ1) is 8.76. The summed E-state index contributed by atoms with van der Waals surface area (Å²) in [5, 5.41) is 0. The van der Waals surface area contributed by atoms with Gasteiger partial charge >= 0.3 is 5.97 Å². The normalized spacial score (nSPS) is 13.1. The Morgan fingerprint density at radius 3 is 2.32 bits per heavy atom. The molecule has 1 aromatic carbocycles. The van der Waals surface area contributed by atoms with E-state index in [9.17, 15) is 22.0 Å². The summed E-state index contributed by atoms with van der Waals surface area (Å²) in [5.41, 5.74) is 0. The fraction of sp³-hybridized carbons (Fsp3) is 0.364. The molecule has 1 aromatic rings. The van der Waals surface area contributed by atoms with Crippen LogP contribution in [0.25, 0.3) is 0 Å². The lowest BCUT2D eigenvalue weighted by Crippen LogP contribution is -2.39. The van der Waals surface area contributed by atoms with Crippen LogP contribution < -0.4 is 4.72 Å². The highest BCUT2D eigenvalue weighted by molar-refractivity contribution is 7.89. The van der Waals surface area contributed by atoms with Crippen LogP contribution in [-0.2, 0) is 19.6 Å². The third kappa shape index (κ3) is 4.25. The first-order valence-electron chi connectivity index (χ1n) is 5.41. The maximum atomic E-state index is 13.0. The van der Waals surface area contributed by atoms with Gasteiger partial charge in [0, 0.05) is 6.07 Å². The molecule has 0 aliphatic rings. The minimum absolute atomic E-state index is 0.0967. The molecule has 5 nitrogen and oxygen atoms in total. The van der Waals surface area contributed by atoms with Crippen LogP contribution in [0.4, 0.5) is 8.78 Å². The Morgan fingerprint density at radius 1 is 1.32 bits per heavy atom. The zero-order valence-electron chi connectivity index (χ0n) is 10.3. The van der Waals surface area contributed by atoms with E-state index in [2.05, 4.69) is 4.74 Å². The quantitative estimate of drug-likeness (QED) is 0.828. The molecule has 19 heavy (non-hydrogen) atoms. The van der Waals surface area contributed by atoms with Crippen LogP contribution in [0.5, 0.6) is 0 Å². The Labute approximate surface area is 109 Å². The van der Waals surface area contributed by atoms with Crippen molar-refractivity contribution in [1.29, 1.82) is 0 Å². The van der Waals surface area contributed by atoms with Crippen LogP contribution in [-0.4, -0.2) is 27.0 Å². The molecule has 0 fully saturated rings. The molecular weight excluding hydrogens is 280 g/mol. The monoisotopic (exact) mass is 293 g/mol. The van der Waals surface area contributed by atoms with Gasteiger partial charge < -0.3 is 4.74 Å². The maximum Gasteiger partial charge on any atom is 0.323 e. The van der Waals surface area contributed by atoms with Gasteiger partial charge in [0.15, 0.2) is 0 Å². The Hall–Kier alpha value is -1.54. The fourth-order valence-corrected chi connectivity index (χ4v) is 2.53. The van der Waals surface area contributed by atoms with Crippen molar-refractivity contribution in [3.05, 3.63) is 29.8 Å². The predicted octanol–water partition coefficient (Wildman–Crippen LogP) is 1.19. The first-order valence-corrected chi connectivity index (χ1v) is 6.89. The van der Waals surface area contributed by atoms with Gasteiger partial charge in [-0.2, -0.15) is 4.72 Å². The molecule has 0 saturated heterocycles.